The van der Waals surface area contributed by atoms with Crippen LogP contribution in [-0.2, 0) is 38.2 Å². The topological polar surface area (TPSA) is 139 Å². The van der Waals surface area contributed by atoms with Gasteiger partial charge in [0.2, 0.25) is 0 Å². The minimum Gasteiger partial charge on any atom is -0.423 e. The van der Waals surface area contributed by atoms with Gasteiger partial charge in [-0.15, -0.1) is 0 Å². The highest BCUT2D eigenvalue weighted by atomic mass is 16.6. The molecule has 0 saturated heterocycles. The number of ether oxygens (including phenoxy) is 4. The van der Waals surface area contributed by atoms with Gasteiger partial charge in [0, 0.05) is 39.5 Å². The van der Waals surface area contributed by atoms with E-state index < -0.39 is 35.8 Å². The number of para-hydroxylation sites is 2. The summed E-state index contributed by atoms with van der Waals surface area (Å²) in [7, 11) is 0. The highest BCUT2D eigenvalue weighted by Crippen LogP contribution is 2.27. The Morgan fingerprint density at radius 3 is 1.27 bits per heavy atom. The number of carbonyl (C=O) groups is 6. The number of rotatable bonds is 10. The molecule has 0 aliphatic rings. The van der Waals surface area contributed by atoms with Crippen molar-refractivity contribution in [3.05, 3.63) is 24.3 Å². The molecule has 10 nitrogen and oxygen atoms in total. The van der Waals surface area contributed by atoms with Gasteiger partial charge in [0.15, 0.2) is 11.5 Å². The van der Waals surface area contributed by atoms with Gasteiger partial charge >= 0.3 is 35.8 Å². The second kappa shape index (κ2) is 12.8. The average molecular weight is 422 g/mol. The first-order valence-electron chi connectivity index (χ1n) is 9.10. The molecule has 0 N–H and O–H groups in total. The van der Waals surface area contributed by atoms with Crippen molar-refractivity contribution in [2.75, 3.05) is 0 Å². The molecule has 0 fully saturated rings. The van der Waals surface area contributed by atoms with Crippen LogP contribution in [0.5, 0.6) is 11.5 Å². The molecule has 0 aromatic heterocycles. The van der Waals surface area contributed by atoms with E-state index in [0.29, 0.717) is 0 Å². The molecule has 0 aliphatic carbocycles. The average Bonchev–Trinajstić information content (AvgIpc) is 2.62. The number of hydrogen-bond acceptors (Lipinski definition) is 10. The first-order valence-corrected chi connectivity index (χ1v) is 9.10. The number of hydrogen-bond donors (Lipinski definition) is 0. The predicted octanol–water partition coefficient (Wildman–Crippen LogP) is 2.02. The van der Waals surface area contributed by atoms with Crippen molar-refractivity contribution in [2.45, 2.75) is 52.4 Å². The monoisotopic (exact) mass is 422 g/mol. The van der Waals surface area contributed by atoms with Crippen LogP contribution in [0.25, 0.3) is 0 Å². The Kier molecular flexibility index (Phi) is 10.5. The van der Waals surface area contributed by atoms with E-state index in [2.05, 4.69) is 9.47 Å². The third kappa shape index (κ3) is 10.7. The second-order valence-corrected chi connectivity index (χ2v) is 6.03. The third-order valence-electron chi connectivity index (χ3n) is 3.34. The molecule has 0 saturated carbocycles. The summed E-state index contributed by atoms with van der Waals surface area (Å²) in [6.07, 6.45) is -0.262. The van der Waals surface area contributed by atoms with Crippen LogP contribution in [0, 0.1) is 0 Å². The van der Waals surface area contributed by atoms with E-state index in [4.69, 9.17) is 9.47 Å². The molecule has 1 aromatic carbocycles. The Bertz CT molecular complexity index is 745. The molecule has 0 unspecified atom stereocenters. The molecule has 1 aromatic rings. The Morgan fingerprint density at radius 1 is 0.600 bits per heavy atom. The summed E-state index contributed by atoms with van der Waals surface area (Å²) in [6.45, 7) is 2.20. The molecule has 30 heavy (non-hydrogen) atoms. The quantitative estimate of drug-likeness (QED) is 0.312. The van der Waals surface area contributed by atoms with E-state index >= 15 is 0 Å². The lowest BCUT2D eigenvalue weighted by Crippen LogP contribution is -2.14. The van der Waals surface area contributed by atoms with Crippen molar-refractivity contribution in [1.82, 2.24) is 0 Å². The normalized spacial score (nSPS) is 9.93. The van der Waals surface area contributed by atoms with Crippen LogP contribution in [0.15, 0.2) is 24.3 Å². The molecule has 0 bridgehead atoms. The summed E-state index contributed by atoms with van der Waals surface area (Å²) < 4.78 is 19.0. The first kappa shape index (κ1) is 24.5. The maximum Gasteiger partial charge on any atom is 0.313 e. The van der Waals surface area contributed by atoms with E-state index in [-0.39, 0.29) is 50.0 Å². The Hall–Kier alpha value is -3.56. The summed E-state index contributed by atoms with van der Waals surface area (Å²) in [5, 5.41) is 0. The van der Waals surface area contributed by atoms with Crippen molar-refractivity contribution in [1.29, 1.82) is 0 Å². The van der Waals surface area contributed by atoms with Gasteiger partial charge in [-0.2, -0.15) is 0 Å². The third-order valence-corrected chi connectivity index (χ3v) is 3.34. The molecular weight excluding hydrogens is 400 g/mol. The van der Waals surface area contributed by atoms with Crippen molar-refractivity contribution in [2.24, 2.45) is 0 Å². The van der Waals surface area contributed by atoms with Crippen LogP contribution in [-0.4, -0.2) is 35.8 Å². The molecule has 1 rings (SSSR count). The zero-order valence-electron chi connectivity index (χ0n) is 16.6. The Balaban J connectivity index is 2.47. The lowest BCUT2D eigenvalue weighted by molar-refractivity contribution is -0.160. The minimum atomic E-state index is -0.739. The molecule has 0 atom stereocenters. The first-order chi connectivity index (χ1) is 14.2. The Labute approximate surface area is 172 Å². The molecule has 0 aliphatic heterocycles. The summed E-state index contributed by atoms with van der Waals surface area (Å²) in [6, 6.07) is 5.99. The summed E-state index contributed by atoms with van der Waals surface area (Å²) in [4.78, 5) is 67.7. The summed E-state index contributed by atoms with van der Waals surface area (Å²) >= 11 is 0. The number of benzene rings is 1. The smallest absolute Gasteiger partial charge is 0.313 e. The van der Waals surface area contributed by atoms with Gasteiger partial charge in [0.1, 0.15) is 0 Å². The van der Waals surface area contributed by atoms with Crippen molar-refractivity contribution >= 4 is 35.8 Å². The van der Waals surface area contributed by atoms with E-state index in [1.807, 2.05) is 0 Å². The fourth-order valence-corrected chi connectivity index (χ4v) is 2.14. The molecule has 0 radical (unpaired) electrons. The second-order valence-electron chi connectivity index (χ2n) is 6.03. The molecule has 0 heterocycles. The molecule has 162 valence electrons. The summed E-state index contributed by atoms with van der Waals surface area (Å²) in [5.74, 6) is -4.24. The molecule has 0 amide bonds. The van der Waals surface area contributed by atoms with E-state index in [9.17, 15) is 28.8 Å². The maximum atomic E-state index is 11.9. The molecule has 10 heteroatoms. The standard InChI is InChI=1S/C20H22O10/c1-13(21)27-17(23)9-5-11-19(25)29-15-7-3-4-8-16(15)30-20(26)12-6-10-18(24)28-14(2)22/h3-4,7-8H,5-6,9-12H2,1-2H3. The van der Waals surface area contributed by atoms with Crippen LogP contribution in [0.1, 0.15) is 52.4 Å². The van der Waals surface area contributed by atoms with E-state index in [1.165, 1.54) is 12.1 Å². The van der Waals surface area contributed by atoms with E-state index in [0.717, 1.165) is 13.8 Å². The maximum absolute atomic E-state index is 11.9. The van der Waals surface area contributed by atoms with E-state index in [1.54, 1.807) is 12.1 Å². The van der Waals surface area contributed by atoms with Gasteiger partial charge in [-0.05, 0) is 25.0 Å². The highest BCUT2D eigenvalue weighted by Gasteiger charge is 2.15. The van der Waals surface area contributed by atoms with Crippen LogP contribution < -0.4 is 9.47 Å². The minimum absolute atomic E-state index is 0.0122. The fourth-order valence-electron chi connectivity index (χ4n) is 2.14. The van der Waals surface area contributed by atoms with Gasteiger partial charge in [-0.25, -0.2) is 0 Å². The molecule has 0 spiro atoms. The van der Waals surface area contributed by atoms with Gasteiger partial charge in [0.05, 0.1) is 0 Å². The van der Waals surface area contributed by atoms with Crippen LogP contribution in [0.3, 0.4) is 0 Å². The largest absolute Gasteiger partial charge is 0.423 e. The van der Waals surface area contributed by atoms with Gasteiger partial charge < -0.3 is 18.9 Å². The SMILES string of the molecule is CC(=O)OC(=O)CCCC(=O)Oc1ccccc1OC(=O)CCCC(=O)OC(C)=O. The lowest BCUT2D eigenvalue weighted by atomic mass is 10.2. The number of esters is 6. The van der Waals surface area contributed by atoms with Crippen LogP contribution >= 0.6 is 0 Å². The van der Waals surface area contributed by atoms with Crippen molar-refractivity contribution < 1.29 is 47.7 Å². The van der Waals surface area contributed by atoms with Crippen LogP contribution in [0.4, 0.5) is 0 Å². The Morgan fingerprint density at radius 2 is 0.933 bits per heavy atom. The van der Waals surface area contributed by atoms with Crippen LogP contribution in [0.2, 0.25) is 0 Å². The van der Waals surface area contributed by atoms with Gasteiger partial charge in [-0.3, -0.25) is 28.8 Å². The van der Waals surface area contributed by atoms with Gasteiger partial charge in [0.25, 0.3) is 0 Å². The lowest BCUT2D eigenvalue weighted by Gasteiger charge is -2.10. The zero-order chi connectivity index (χ0) is 22.5. The summed E-state index contributed by atoms with van der Waals surface area (Å²) in [5.41, 5.74) is 0. The fraction of sp³-hybridized carbons (Fsp3) is 0.400. The molecular formula is C20H22O10. The van der Waals surface area contributed by atoms with Crippen molar-refractivity contribution in [3.63, 3.8) is 0 Å². The van der Waals surface area contributed by atoms with Gasteiger partial charge in [-0.1, -0.05) is 12.1 Å². The predicted molar refractivity (Wildman–Crippen MR) is 99.0 cm³/mol. The zero-order valence-corrected chi connectivity index (χ0v) is 16.6. The van der Waals surface area contributed by atoms with Crippen molar-refractivity contribution in [3.8, 4) is 11.5 Å². The highest BCUT2D eigenvalue weighted by molar-refractivity contribution is 5.85. The number of carbonyl (C=O) groups excluding carboxylic acids is 6.